The Hall–Kier alpha value is -1.89. The molecule has 0 saturated heterocycles. The molecule has 1 heterocycles. The second-order valence-corrected chi connectivity index (χ2v) is 7.66. The van der Waals surface area contributed by atoms with E-state index in [9.17, 15) is 0 Å². The molecule has 1 aromatic heterocycles. The van der Waals surface area contributed by atoms with E-state index in [1.807, 2.05) is 36.7 Å². The molecule has 0 aliphatic carbocycles. The van der Waals surface area contributed by atoms with Gasteiger partial charge in [-0.1, -0.05) is 47.1 Å². The van der Waals surface area contributed by atoms with Crippen LogP contribution in [0.2, 0.25) is 10.0 Å². The van der Waals surface area contributed by atoms with Crippen LogP contribution in [0.4, 0.5) is 0 Å². The van der Waals surface area contributed by atoms with Gasteiger partial charge in [0.05, 0.1) is 12.1 Å². The molecule has 5 nitrogen and oxygen atoms in total. The van der Waals surface area contributed by atoms with E-state index >= 15 is 0 Å². The summed E-state index contributed by atoms with van der Waals surface area (Å²) < 4.78 is 13.1. The summed E-state index contributed by atoms with van der Waals surface area (Å²) in [5.41, 5.74) is 1.15. The lowest BCUT2D eigenvalue weighted by Crippen LogP contribution is -2.10. The molecule has 1 unspecified atom stereocenters. The number of rotatable bonds is 7. The van der Waals surface area contributed by atoms with Gasteiger partial charge in [-0.2, -0.15) is 0 Å². The van der Waals surface area contributed by atoms with Crippen molar-refractivity contribution in [3.63, 3.8) is 0 Å². The number of ether oxygens (including phenoxy) is 2. The highest BCUT2D eigenvalue weighted by atomic mass is 35.5. The maximum atomic E-state index is 6.17. The van der Waals surface area contributed by atoms with E-state index < -0.39 is 0 Å². The molecule has 3 aromatic rings. The molecule has 0 aliphatic rings. The third-order valence-corrected chi connectivity index (χ3v) is 5.57. The van der Waals surface area contributed by atoms with E-state index in [-0.39, 0.29) is 6.10 Å². The van der Waals surface area contributed by atoms with Crippen LogP contribution >= 0.6 is 35.0 Å². The van der Waals surface area contributed by atoms with Gasteiger partial charge >= 0.3 is 0 Å². The summed E-state index contributed by atoms with van der Waals surface area (Å²) >= 11 is 13.8. The molecule has 0 aliphatic heterocycles. The molecule has 142 valence electrons. The first-order valence-electron chi connectivity index (χ1n) is 8.24. The van der Waals surface area contributed by atoms with Gasteiger partial charge in [0, 0.05) is 23.9 Å². The Balaban J connectivity index is 1.69. The number of benzene rings is 2. The lowest BCUT2D eigenvalue weighted by molar-refractivity contribution is 0.211. The second kappa shape index (κ2) is 8.87. The van der Waals surface area contributed by atoms with E-state index in [2.05, 4.69) is 16.3 Å². The fraction of sp³-hybridized carbons (Fsp3) is 0.263. The van der Waals surface area contributed by atoms with Crippen molar-refractivity contribution in [2.75, 3.05) is 7.11 Å². The quantitative estimate of drug-likeness (QED) is 0.465. The van der Waals surface area contributed by atoms with Crippen molar-refractivity contribution in [3.8, 4) is 11.5 Å². The van der Waals surface area contributed by atoms with E-state index in [0.717, 1.165) is 22.2 Å². The molecule has 8 heteroatoms. The van der Waals surface area contributed by atoms with Gasteiger partial charge in [0.1, 0.15) is 11.5 Å². The Bertz CT molecular complexity index is 933. The van der Waals surface area contributed by atoms with Crippen molar-refractivity contribution in [2.45, 2.75) is 23.9 Å². The predicted octanol–water partition coefficient (Wildman–Crippen LogP) is 5.56. The average molecular weight is 424 g/mol. The van der Waals surface area contributed by atoms with Crippen LogP contribution in [0.5, 0.6) is 11.5 Å². The lowest BCUT2D eigenvalue weighted by atomic mass is 10.2. The summed E-state index contributed by atoms with van der Waals surface area (Å²) in [4.78, 5) is 0. The van der Waals surface area contributed by atoms with Crippen molar-refractivity contribution in [1.29, 1.82) is 0 Å². The van der Waals surface area contributed by atoms with Crippen molar-refractivity contribution in [1.82, 2.24) is 14.8 Å². The van der Waals surface area contributed by atoms with Gasteiger partial charge in [0.15, 0.2) is 17.1 Å². The van der Waals surface area contributed by atoms with Crippen LogP contribution in [0.1, 0.15) is 24.4 Å². The molecule has 0 N–H and O–H groups in total. The zero-order valence-corrected chi connectivity index (χ0v) is 17.5. The molecule has 0 spiro atoms. The first-order chi connectivity index (χ1) is 13.0. The van der Waals surface area contributed by atoms with Gasteiger partial charge in [0.25, 0.3) is 0 Å². The number of nitrogens with zero attached hydrogens (tertiary/aromatic N) is 3. The zero-order valence-electron chi connectivity index (χ0n) is 15.1. The highest BCUT2D eigenvalue weighted by Gasteiger charge is 2.18. The number of hydrogen-bond acceptors (Lipinski definition) is 5. The number of thioether (sulfide) groups is 1. The van der Waals surface area contributed by atoms with Gasteiger partial charge in [-0.15, -0.1) is 10.2 Å². The Labute approximate surface area is 172 Å². The first-order valence-corrected chi connectivity index (χ1v) is 9.99. The maximum absolute atomic E-state index is 6.17. The Morgan fingerprint density at radius 3 is 2.74 bits per heavy atom. The molecule has 2 aromatic carbocycles. The third-order valence-electron chi connectivity index (χ3n) is 3.93. The van der Waals surface area contributed by atoms with Crippen LogP contribution in [0.3, 0.4) is 0 Å². The summed E-state index contributed by atoms with van der Waals surface area (Å²) in [5, 5.41) is 10.4. The van der Waals surface area contributed by atoms with Crippen LogP contribution in [-0.4, -0.2) is 21.9 Å². The summed E-state index contributed by atoms with van der Waals surface area (Å²) in [6.45, 7) is 1.90. The molecule has 0 fully saturated rings. The summed E-state index contributed by atoms with van der Waals surface area (Å²) in [7, 11) is 3.58. The Morgan fingerprint density at radius 2 is 1.96 bits per heavy atom. The van der Waals surface area contributed by atoms with Crippen LogP contribution in [-0.2, 0) is 12.8 Å². The minimum absolute atomic E-state index is 0.329. The molecule has 3 rings (SSSR count). The van der Waals surface area contributed by atoms with Crippen molar-refractivity contribution < 1.29 is 9.47 Å². The number of methoxy groups -OCH3 is 1. The van der Waals surface area contributed by atoms with Crippen LogP contribution in [0.15, 0.2) is 47.6 Å². The maximum Gasteiger partial charge on any atom is 0.191 e. The fourth-order valence-electron chi connectivity index (χ4n) is 2.53. The topological polar surface area (TPSA) is 49.2 Å². The largest absolute Gasteiger partial charge is 0.497 e. The van der Waals surface area contributed by atoms with Gasteiger partial charge in [-0.3, -0.25) is 0 Å². The van der Waals surface area contributed by atoms with Crippen molar-refractivity contribution in [3.05, 3.63) is 63.9 Å². The van der Waals surface area contributed by atoms with Crippen molar-refractivity contribution in [2.24, 2.45) is 7.05 Å². The predicted molar refractivity (Wildman–Crippen MR) is 109 cm³/mol. The van der Waals surface area contributed by atoms with Crippen molar-refractivity contribution >= 4 is 35.0 Å². The standard InChI is InChI=1S/C19H19Cl2N3O2S/c1-12(26-17-10-14(20)7-8-16(17)21)18-22-23-19(24(18)2)27-11-13-5-4-6-15(9-13)25-3/h4-10,12H,11H2,1-3H3. The second-order valence-electron chi connectivity index (χ2n) is 5.87. The normalized spacial score (nSPS) is 12.0. The Kier molecular flexibility index (Phi) is 6.52. The van der Waals surface area contributed by atoms with Gasteiger partial charge < -0.3 is 14.0 Å². The number of halogens is 2. The van der Waals surface area contributed by atoms with Crippen LogP contribution in [0.25, 0.3) is 0 Å². The first kappa shape index (κ1) is 19.9. The number of hydrogen-bond donors (Lipinski definition) is 0. The molecule has 27 heavy (non-hydrogen) atoms. The van der Waals surface area contributed by atoms with Gasteiger partial charge in [0.2, 0.25) is 0 Å². The molecular weight excluding hydrogens is 405 g/mol. The highest BCUT2D eigenvalue weighted by molar-refractivity contribution is 7.98. The van der Waals surface area contributed by atoms with E-state index in [0.29, 0.717) is 21.6 Å². The smallest absolute Gasteiger partial charge is 0.191 e. The molecule has 0 bridgehead atoms. The van der Waals surface area contributed by atoms with E-state index in [1.54, 1.807) is 37.1 Å². The minimum atomic E-state index is -0.329. The van der Waals surface area contributed by atoms with E-state index in [4.69, 9.17) is 32.7 Å². The third kappa shape index (κ3) is 4.89. The lowest BCUT2D eigenvalue weighted by Gasteiger charge is -2.15. The molecular formula is C19H19Cl2N3O2S. The highest BCUT2D eigenvalue weighted by Crippen LogP contribution is 2.32. The Morgan fingerprint density at radius 1 is 1.15 bits per heavy atom. The monoisotopic (exact) mass is 423 g/mol. The molecule has 0 amide bonds. The summed E-state index contributed by atoms with van der Waals surface area (Å²) in [5.74, 6) is 2.83. The minimum Gasteiger partial charge on any atom is -0.497 e. The summed E-state index contributed by atoms with van der Waals surface area (Å²) in [6.07, 6.45) is -0.329. The SMILES string of the molecule is COc1cccc(CSc2nnc(C(C)Oc3cc(Cl)ccc3Cl)n2C)c1. The molecule has 1 atom stereocenters. The van der Waals surface area contributed by atoms with E-state index in [1.165, 1.54) is 0 Å². The average Bonchev–Trinajstić information content (AvgIpc) is 3.04. The van der Waals surface area contributed by atoms with Gasteiger partial charge in [-0.05, 0) is 36.8 Å². The number of aromatic nitrogens is 3. The van der Waals surface area contributed by atoms with Crippen LogP contribution in [0, 0.1) is 0 Å². The van der Waals surface area contributed by atoms with Crippen LogP contribution < -0.4 is 9.47 Å². The molecule has 0 saturated carbocycles. The summed E-state index contributed by atoms with van der Waals surface area (Å²) in [6, 6.07) is 13.1. The van der Waals surface area contributed by atoms with Gasteiger partial charge in [-0.25, -0.2) is 0 Å². The fourth-order valence-corrected chi connectivity index (χ4v) is 3.71. The zero-order chi connectivity index (χ0) is 19.4. The molecule has 0 radical (unpaired) electrons.